The van der Waals surface area contributed by atoms with Gasteiger partial charge in [-0.05, 0) is 127 Å². The minimum Gasteiger partial charge on any atom is -0.496 e. The van der Waals surface area contributed by atoms with E-state index in [1.54, 1.807) is 21.3 Å². The summed E-state index contributed by atoms with van der Waals surface area (Å²) in [5.41, 5.74) is 18.2. The largest absolute Gasteiger partial charge is 0.496 e. The number of rotatable bonds is 6. The van der Waals surface area contributed by atoms with Crippen molar-refractivity contribution in [1.29, 1.82) is 0 Å². The van der Waals surface area contributed by atoms with Crippen LogP contribution in [0.4, 0.5) is 0 Å². The van der Waals surface area contributed by atoms with Gasteiger partial charge in [0.1, 0.15) is 17.2 Å². The van der Waals surface area contributed by atoms with E-state index < -0.39 is 0 Å². The van der Waals surface area contributed by atoms with Crippen LogP contribution in [0, 0.1) is 20.8 Å². The summed E-state index contributed by atoms with van der Waals surface area (Å²) in [6, 6.07) is 39.9. The van der Waals surface area contributed by atoms with E-state index in [4.69, 9.17) is 14.2 Å². The summed E-state index contributed by atoms with van der Waals surface area (Å²) in [6.07, 6.45) is 2.36. The molecule has 0 N–H and O–H groups in total. The number of ether oxygens (including phenoxy) is 3. The topological polar surface area (TPSA) is 27.7 Å². The predicted octanol–water partition coefficient (Wildman–Crippen LogP) is 10.7. The number of benzene rings is 6. The first-order valence-corrected chi connectivity index (χ1v) is 16.6. The summed E-state index contributed by atoms with van der Waals surface area (Å²) in [4.78, 5) is 0. The van der Waals surface area contributed by atoms with Gasteiger partial charge < -0.3 is 14.2 Å². The van der Waals surface area contributed by atoms with Crippen LogP contribution in [0.1, 0.15) is 50.1 Å². The molecule has 0 saturated heterocycles. The zero-order chi connectivity index (χ0) is 33.4. The fourth-order valence-corrected chi connectivity index (χ4v) is 6.99. The maximum atomic E-state index is 6.07. The third kappa shape index (κ3) is 6.09. The van der Waals surface area contributed by atoms with E-state index in [9.17, 15) is 0 Å². The first-order chi connectivity index (χ1) is 23.3. The molecule has 0 unspecified atom stereocenters. The van der Waals surface area contributed by atoms with E-state index in [1.165, 1.54) is 50.1 Å². The molecule has 0 heterocycles. The van der Waals surface area contributed by atoms with Crippen molar-refractivity contribution in [3.8, 4) is 50.6 Å². The van der Waals surface area contributed by atoms with Crippen molar-refractivity contribution in [3.05, 3.63) is 159 Å². The second-order valence-electron chi connectivity index (χ2n) is 13.1. The average molecular weight is 631 g/mol. The monoisotopic (exact) mass is 630 g/mol. The van der Waals surface area contributed by atoms with E-state index in [-0.39, 0.29) is 0 Å². The van der Waals surface area contributed by atoms with Crippen molar-refractivity contribution in [2.75, 3.05) is 21.3 Å². The molecule has 3 nitrogen and oxygen atoms in total. The smallest absolute Gasteiger partial charge is 0.126 e. The molecule has 0 radical (unpaired) electrons. The van der Waals surface area contributed by atoms with Crippen molar-refractivity contribution < 1.29 is 14.2 Å². The lowest BCUT2D eigenvalue weighted by Crippen LogP contribution is -2.02. The molecule has 0 fully saturated rings. The fraction of sp³-hybridized carbons (Fsp3) is 0.200. The second-order valence-corrected chi connectivity index (χ2v) is 13.1. The number of aryl methyl sites for hydroxylation is 3. The average Bonchev–Trinajstić information content (AvgIpc) is 3.16. The van der Waals surface area contributed by atoms with Gasteiger partial charge in [0.05, 0.1) is 21.3 Å². The van der Waals surface area contributed by atoms with Gasteiger partial charge in [-0.3, -0.25) is 0 Å². The Balaban J connectivity index is 1.47. The summed E-state index contributed by atoms with van der Waals surface area (Å²) in [6.45, 7) is 6.37. The molecule has 1 aliphatic carbocycles. The molecule has 240 valence electrons. The van der Waals surface area contributed by atoms with Crippen LogP contribution in [-0.2, 0) is 19.3 Å². The highest BCUT2D eigenvalue weighted by Gasteiger charge is 2.22. The Morgan fingerprint density at radius 2 is 0.562 bits per heavy atom. The number of fused-ring (bicyclic) bond motifs is 3. The summed E-state index contributed by atoms with van der Waals surface area (Å²) in [5.74, 6) is 2.66. The van der Waals surface area contributed by atoms with Gasteiger partial charge in [0.15, 0.2) is 0 Å². The van der Waals surface area contributed by atoms with Crippen LogP contribution in [0.15, 0.2) is 109 Å². The van der Waals surface area contributed by atoms with Gasteiger partial charge >= 0.3 is 0 Å². The molecule has 6 aromatic rings. The molecule has 0 aliphatic heterocycles. The molecule has 0 bridgehead atoms. The van der Waals surface area contributed by atoms with E-state index in [0.717, 1.165) is 69.9 Å². The zero-order valence-corrected chi connectivity index (χ0v) is 28.7. The van der Waals surface area contributed by atoms with Gasteiger partial charge in [-0.25, -0.2) is 0 Å². The van der Waals surface area contributed by atoms with Crippen molar-refractivity contribution in [2.45, 2.75) is 40.0 Å². The Hall–Kier alpha value is -5.28. The Bertz CT molecular complexity index is 1860. The van der Waals surface area contributed by atoms with Gasteiger partial charge in [0, 0.05) is 16.7 Å². The van der Waals surface area contributed by atoms with E-state index >= 15 is 0 Å². The molecule has 1 aliphatic rings. The van der Waals surface area contributed by atoms with Crippen molar-refractivity contribution in [1.82, 2.24) is 0 Å². The molecule has 0 atom stereocenters. The van der Waals surface area contributed by atoms with Crippen LogP contribution in [0.2, 0.25) is 0 Å². The second kappa shape index (κ2) is 13.1. The van der Waals surface area contributed by atoms with Crippen molar-refractivity contribution in [3.63, 3.8) is 0 Å². The Labute approximate surface area is 284 Å². The molecule has 6 aromatic carbocycles. The Morgan fingerprint density at radius 1 is 0.333 bits per heavy atom. The summed E-state index contributed by atoms with van der Waals surface area (Å²) >= 11 is 0. The van der Waals surface area contributed by atoms with Crippen molar-refractivity contribution >= 4 is 0 Å². The summed E-state index contributed by atoms with van der Waals surface area (Å²) < 4.78 is 18.2. The summed E-state index contributed by atoms with van der Waals surface area (Å²) in [7, 11) is 5.32. The molecular weight excluding hydrogens is 588 g/mol. The van der Waals surface area contributed by atoms with E-state index in [2.05, 4.69) is 130 Å². The maximum Gasteiger partial charge on any atom is 0.126 e. The third-order valence-electron chi connectivity index (χ3n) is 9.80. The normalized spacial score (nSPS) is 12.1. The molecule has 0 saturated carbocycles. The lowest BCUT2D eigenvalue weighted by Gasteiger charge is -2.18. The molecule has 0 spiro atoms. The standard InChI is InChI=1S/C45H42O3/c1-28-7-13-31(14-8-28)40-22-34-19-38-26-44(47-5)42(33-17-11-30(3)12-18-33)24-36(38)21-39-27-45(48-6)41(32-15-9-29(2)10-16-32)23-35(39)20-37(34)25-43(40)46-4/h7-18,22-27H,19-21H2,1-6H3. The molecule has 3 heteroatoms. The van der Waals surface area contributed by atoms with E-state index in [1.807, 2.05) is 0 Å². The SMILES string of the molecule is COc1cc2c(cc1-c1ccc(C)cc1)Cc1cc(OC)c(-c3ccc(C)cc3)cc1Cc1cc(OC)c(-c3ccc(C)cc3)cc1C2. The van der Waals surface area contributed by atoms with Gasteiger partial charge in [0.2, 0.25) is 0 Å². The lowest BCUT2D eigenvalue weighted by atomic mass is 9.89. The first-order valence-electron chi connectivity index (χ1n) is 16.6. The zero-order valence-electron chi connectivity index (χ0n) is 28.7. The fourth-order valence-electron chi connectivity index (χ4n) is 6.99. The highest BCUT2D eigenvalue weighted by Crippen LogP contribution is 2.42. The molecule has 48 heavy (non-hydrogen) atoms. The van der Waals surface area contributed by atoms with Gasteiger partial charge in [-0.1, -0.05) is 89.5 Å². The third-order valence-corrected chi connectivity index (χ3v) is 9.80. The van der Waals surface area contributed by atoms with Crippen LogP contribution >= 0.6 is 0 Å². The maximum absolute atomic E-state index is 6.07. The van der Waals surface area contributed by atoms with Gasteiger partial charge in [-0.2, -0.15) is 0 Å². The quantitative estimate of drug-likeness (QED) is 0.183. The highest BCUT2D eigenvalue weighted by molar-refractivity contribution is 5.77. The number of hydrogen-bond donors (Lipinski definition) is 0. The van der Waals surface area contributed by atoms with E-state index in [0.29, 0.717) is 0 Å². The molecule has 0 amide bonds. The number of methoxy groups -OCH3 is 3. The van der Waals surface area contributed by atoms with Gasteiger partial charge in [0.25, 0.3) is 0 Å². The number of hydrogen-bond acceptors (Lipinski definition) is 3. The summed E-state index contributed by atoms with van der Waals surface area (Å²) in [5, 5.41) is 0. The van der Waals surface area contributed by atoms with Crippen molar-refractivity contribution in [2.24, 2.45) is 0 Å². The van der Waals surface area contributed by atoms with Crippen LogP contribution < -0.4 is 14.2 Å². The van der Waals surface area contributed by atoms with Gasteiger partial charge in [-0.15, -0.1) is 0 Å². The Morgan fingerprint density at radius 3 is 0.792 bits per heavy atom. The molecule has 7 rings (SSSR count). The minimum atomic E-state index is 0.786. The van der Waals surface area contributed by atoms with Crippen LogP contribution in [0.25, 0.3) is 33.4 Å². The van der Waals surface area contributed by atoms with Crippen LogP contribution in [-0.4, -0.2) is 21.3 Å². The Kier molecular flexibility index (Phi) is 8.54. The van der Waals surface area contributed by atoms with Crippen LogP contribution in [0.5, 0.6) is 17.2 Å². The molecule has 0 aromatic heterocycles. The molecular formula is C45H42O3. The predicted molar refractivity (Wildman–Crippen MR) is 198 cm³/mol. The van der Waals surface area contributed by atoms with Crippen LogP contribution in [0.3, 0.4) is 0 Å². The minimum absolute atomic E-state index is 0.786. The first kappa shape index (κ1) is 31.3. The lowest BCUT2D eigenvalue weighted by molar-refractivity contribution is 0.415. The highest BCUT2D eigenvalue weighted by atomic mass is 16.5.